The molecule has 0 saturated carbocycles. The number of carbonyl (C=O) groups is 2. The summed E-state index contributed by atoms with van der Waals surface area (Å²) in [7, 11) is 0. The standard InChI is InChI=1S/C13H11N3O4/c17-10-4-6-19-13(18)8(10)7-11-15-12(16-20-11)9-3-1-2-5-14-9/h1-3,5,8H,4,6-7H2. The molecule has 1 aliphatic heterocycles. The van der Waals surface area contributed by atoms with Gasteiger partial charge in [-0.1, -0.05) is 11.2 Å². The predicted molar refractivity (Wildman–Crippen MR) is 65.3 cm³/mol. The highest BCUT2D eigenvalue weighted by atomic mass is 16.5. The van der Waals surface area contributed by atoms with Crippen molar-refractivity contribution in [1.29, 1.82) is 0 Å². The summed E-state index contributed by atoms with van der Waals surface area (Å²) >= 11 is 0. The minimum atomic E-state index is -0.846. The molecule has 7 heteroatoms. The first kappa shape index (κ1) is 12.5. The van der Waals surface area contributed by atoms with Gasteiger partial charge in [0.2, 0.25) is 11.7 Å². The van der Waals surface area contributed by atoms with E-state index in [9.17, 15) is 9.59 Å². The van der Waals surface area contributed by atoms with E-state index in [1.165, 1.54) is 0 Å². The SMILES string of the molecule is O=C1CCOC(=O)C1Cc1nc(-c2ccccn2)no1. The van der Waals surface area contributed by atoms with Gasteiger partial charge in [-0.25, -0.2) is 0 Å². The molecule has 0 aliphatic carbocycles. The first-order valence-electron chi connectivity index (χ1n) is 6.17. The fraction of sp³-hybridized carbons (Fsp3) is 0.308. The second-order valence-electron chi connectivity index (χ2n) is 4.37. The lowest BCUT2D eigenvalue weighted by Crippen LogP contribution is -2.34. The normalized spacial score (nSPS) is 18.9. The quantitative estimate of drug-likeness (QED) is 0.603. The van der Waals surface area contributed by atoms with Crippen LogP contribution in [-0.4, -0.2) is 33.5 Å². The van der Waals surface area contributed by atoms with E-state index in [0.29, 0.717) is 11.5 Å². The molecule has 0 aromatic carbocycles. The van der Waals surface area contributed by atoms with Crippen LogP contribution in [0.5, 0.6) is 0 Å². The molecule has 0 bridgehead atoms. The maximum atomic E-state index is 11.7. The summed E-state index contributed by atoms with van der Waals surface area (Å²) < 4.78 is 9.92. The van der Waals surface area contributed by atoms with Gasteiger partial charge in [-0.15, -0.1) is 0 Å². The van der Waals surface area contributed by atoms with Gasteiger partial charge in [0, 0.05) is 19.0 Å². The molecule has 1 fully saturated rings. The Morgan fingerprint density at radius 2 is 2.20 bits per heavy atom. The molecule has 7 nitrogen and oxygen atoms in total. The summed E-state index contributed by atoms with van der Waals surface area (Å²) in [6.07, 6.45) is 1.92. The van der Waals surface area contributed by atoms with E-state index in [-0.39, 0.29) is 31.1 Å². The molecule has 0 amide bonds. The van der Waals surface area contributed by atoms with E-state index in [2.05, 4.69) is 15.1 Å². The van der Waals surface area contributed by atoms with Crippen molar-refractivity contribution in [3.63, 3.8) is 0 Å². The van der Waals surface area contributed by atoms with Crippen molar-refractivity contribution in [1.82, 2.24) is 15.1 Å². The minimum Gasteiger partial charge on any atom is -0.465 e. The van der Waals surface area contributed by atoms with Gasteiger partial charge in [0.25, 0.3) is 0 Å². The van der Waals surface area contributed by atoms with Gasteiger partial charge in [-0.05, 0) is 12.1 Å². The summed E-state index contributed by atoms with van der Waals surface area (Å²) in [5.74, 6) is -0.974. The van der Waals surface area contributed by atoms with Crippen LogP contribution in [0.25, 0.3) is 11.5 Å². The summed E-state index contributed by atoms with van der Waals surface area (Å²) in [6, 6.07) is 5.33. The Bertz CT molecular complexity index is 622. The summed E-state index contributed by atoms with van der Waals surface area (Å²) in [4.78, 5) is 31.5. The van der Waals surface area contributed by atoms with Crippen molar-refractivity contribution in [3.8, 4) is 11.5 Å². The lowest BCUT2D eigenvalue weighted by atomic mass is 9.96. The molecule has 2 aromatic heterocycles. The maximum absolute atomic E-state index is 11.7. The summed E-state index contributed by atoms with van der Waals surface area (Å²) in [5.41, 5.74) is 0.569. The van der Waals surface area contributed by atoms with Gasteiger partial charge in [-0.2, -0.15) is 4.98 Å². The smallest absolute Gasteiger partial charge is 0.317 e. The average Bonchev–Trinajstić information content (AvgIpc) is 2.93. The number of esters is 1. The van der Waals surface area contributed by atoms with Crippen molar-refractivity contribution in [3.05, 3.63) is 30.3 Å². The molecular formula is C13H11N3O4. The van der Waals surface area contributed by atoms with Crippen LogP contribution in [0.3, 0.4) is 0 Å². The Labute approximate surface area is 114 Å². The number of carbonyl (C=O) groups excluding carboxylic acids is 2. The van der Waals surface area contributed by atoms with Crippen LogP contribution in [0.15, 0.2) is 28.9 Å². The molecule has 1 aliphatic rings. The van der Waals surface area contributed by atoms with Crippen LogP contribution in [0.4, 0.5) is 0 Å². The highest BCUT2D eigenvalue weighted by molar-refractivity contribution is 6.00. The number of cyclic esters (lactones) is 1. The highest BCUT2D eigenvalue weighted by Gasteiger charge is 2.33. The van der Waals surface area contributed by atoms with E-state index >= 15 is 0 Å². The molecular weight excluding hydrogens is 262 g/mol. The van der Waals surface area contributed by atoms with Crippen molar-refractivity contribution >= 4 is 11.8 Å². The third-order valence-electron chi connectivity index (χ3n) is 3.01. The first-order chi connectivity index (χ1) is 9.74. The lowest BCUT2D eigenvalue weighted by molar-refractivity contribution is -0.157. The fourth-order valence-electron chi connectivity index (χ4n) is 1.97. The van der Waals surface area contributed by atoms with Crippen LogP contribution in [0.2, 0.25) is 0 Å². The van der Waals surface area contributed by atoms with Gasteiger partial charge < -0.3 is 9.26 Å². The molecule has 0 spiro atoms. The van der Waals surface area contributed by atoms with E-state index in [4.69, 9.17) is 9.26 Å². The molecule has 3 rings (SSSR count). The monoisotopic (exact) mass is 273 g/mol. The second-order valence-corrected chi connectivity index (χ2v) is 4.37. The molecule has 1 unspecified atom stereocenters. The molecule has 102 valence electrons. The number of rotatable bonds is 3. The van der Waals surface area contributed by atoms with Crippen LogP contribution >= 0.6 is 0 Å². The van der Waals surface area contributed by atoms with Crippen LogP contribution in [0, 0.1) is 5.92 Å². The molecule has 2 aromatic rings. The van der Waals surface area contributed by atoms with Crippen molar-refractivity contribution in [2.45, 2.75) is 12.8 Å². The van der Waals surface area contributed by atoms with Gasteiger partial charge in [0.15, 0.2) is 5.78 Å². The predicted octanol–water partition coefficient (Wildman–Crippen LogP) is 0.806. The number of Topliss-reactive ketones (excluding diaryl/α,β-unsaturated/α-hetero) is 1. The van der Waals surface area contributed by atoms with E-state index in [1.54, 1.807) is 24.4 Å². The Kier molecular flexibility index (Phi) is 3.24. The second kappa shape index (κ2) is 5.20. The first-order valence-corrected chi connectivity index (χ1v) is 6.17. The van der Waals surface area contributed by atoms with Crippen molar-refractivity contribution in [2.24, 2.45) is 5.92 Å². The van der Waals surface area contributed by atoms with Crippen LogP contribution in [-0.2, 0) is 20.7 Å². The average molecular weight is 273 g/mol. The van der Waals surface area contributed by atoms with Crippen LogP contribution in [0.1, 0.15) is 12.3 Å². The van der Waals surface area contributed by atoms with Gasteiger partial charge >= 0.3 is 5.97 Å². The van der Waals surface area contributed by atoms with Gasteiger partial charge in [-0.3, -0.25) is 14.6 Å². The number of nitrogens with zero attached hydrogens (tertiary/aromatic N) is 3. The summed E-state index contributed by atoms with van der Waals surface area (Å²) in [5, 5.41) is 3.79. The molecule has 0 radical (unpaired) electrons. The number of aromatic nitrogens is 3. The number of ketones is 1. The van der Waals surface area contributed by atoms with Crippen molar-refractivity contribution in [2.75, 3.05) is 6.61 Å². The third kappa shape index (κ3) is 2.42. The zero-order valence-electron chi connectivity index (χ0n) is 10.5. The Morgan fingerprint density at radius 3 is 2.95 bits per heavy atom. The Morgan fingerprint density at radius 1 is 1.30 bits per heavy atom. The minimum absolute atomic E-state index is 0.0670. The number of ether oxygens (including phenoxy) is 1. The molecule has 1 atom stereocenters. The Hall–Kier alpha value is -2.57. The topological polar surface area (TPSA) is 95.2 Å². The highest BCUT2D eigenvalue weighted by Crippen LogP contribution is 2.18. The third-order valence-corrected chi connectivity index (χ3v) is 3.01. The Balaban J connectivity index is 1.77. The molecule has 0 N–H and O–H groups in total. The van der Waals surface area contributed by atoms with Crippen molar-refractivity contribution < 1.29 is 18.8 Å². The largest absolute Gasteiger partial charge is 0.465 e. The zero-order chi connectivity index (χ0) is 13.9. The number of pyridine rings is 1. The van der Waals surface area contributed by atoms with Gasteiger partial charge in [0.05, 0.1) is 6.61 Å². The molecule has 20 heavy (non-hydrogen) atoms. The lowest BCUT2D eigenvalue weighted by Gasteiger charge is -2.17. The zero-order valence-corrected chi connectivity index (χ0v) is 10.5. The summed E-state index contributed by atoms with van der Waals surface area (Å²) in [6.45, 7) is 0.150. The number of hydrogen-bond donors (Lipinski definition) is 0. The van der Waals surface area contributed by atoms with E-state index in [0.717, 1.165) is 0 Å². The molecule has 1 saturated heterocycles. The van der Waals surface area contributed by atoms with E-state index < -0.39 is 11.9 Å². The van der Waals surface area contributed by atoms with Crippen LogP contribution < -0.4 is 0 Å². The maximum Gasteiger partial charge on any atom is 0.317 e. The molecule has 3 heterocycles. The van der Waals surface area contributed by atoms with Gasteiger partial charge in [0.1, 0.15) is 11.6 Å². The number of hydrogen-bond acceptors (Lipinski definition) is 7. The fourth-order valence-corrected chi connectivity index (χ4v) is 1.97. The van der Waals surface area contributed by atoms with E-state index in [1.807, 2.05) is 0 Å².